The summed E-state index contributed by atoms with van der Waals surface area (Å²) in [5.74, 6) is 0.533. The molecule has 19 heavy (non-hydrogen) atoms. The molecule has 4 heteroatoms. The predicted molar refractivity (Wildman–Crippen MR) is 85.3 cm³/mol. The monoisotopic (exact) mass is 345 g/mol. The predicted octanol–water partition coefficient (Wildman–Crippen LogP) is 4.58. The number of nitrogens with one attached hydrogen (secondary N) is 1. The molecule has 1 amide bonds. The van der Waals surface area contributed by atoms with E-state index in [0.717, 1.165) is 36.7 Å². The fraction of sp³-hybridized carbons (Fsp3) is 0.533. The summed E-state index contributed by atoms with van der Waals surface area (Å²) in [6, 6.07) is 5.36. The molecule has 0 heterocycles. The number of hydrogen-bond donors (Lipinski definition) is 1. The van der Waals surface area contributed by atoms with Gasteiger partial charge in [0.25, 0.3) is 5.91 Å². The molecule has 1 aromatic rings. The molecule has 2 nitrogen and oxygen atoms in total. The first-order valence-corrected chi connectivity index (χ1v) is 8.18. The van der Waals surface area contributed by atoms with E-state index in [-0.39, 0.29) is 5.91 Å². The van der Waals surface area contributed by atoms with Crippen molar-refractivity contribution in [3.8, 4) is 0 Å². The van der Waals surface area contributed by atoms with Crippen LogP contribution in [0.3, 0.4) is 0 Å². The van der Waals surface area contributed by atoms with E-state index in [2.05, 4.69) is 28.2 Å². The van der Waals surface area contributed by atoms with Crippen LogP contribution in [-0.2, 0) is 0 Å². The van der Waals surface area contributed by atoms with Crippen LogP contribution in [0.4, 0.5) is 0 Å². The van der Waals surface area contributed by atoms with Crippen LogP contribution in [0.2, 0.25) is 5.02 Å². The Kier molecular flexibility index (Phi) is 7.47. The summed E-state index contributed by atoms with van der Waals surface area (Å²) in [5.41, 5.74) is 1.62. The SMILES string of the molecule is CCCC(CCBr)CNC(=O)c1ccc(Cl)cc1C. The first kappa shape index (κ1) is 16.5. The molecule has 0 aliphatic carbocycles. The van der Waals surface area contributed by atoms with Gasteiger partial charge in [0.15, 0.2) is 0 Å². The lowest BCUT2D eigenvalue weighted by molar-refractivity contribution is 0.0945. The molecule has 0 aliphatic heterocycles. The van der Waals surface area contributed by atoms with Gasteiger partial charge in [-0.2, -0.15) is 0 Å². The van der Waals surface area contributed by atoms with Crippen LogP contribution in [0.1, 0.15) is 42.1 Å². The Hall–Kier alpha value is -0.540. The summed E-state index contributed by atoms with van der Waals surface area (Å²) < 4.78 is 0. The average Bonchev–Trinajstić information content (AvgIpc) is 2.36. The zero-order valence-electron chi connectivity index (χ0n) is 11.5. The van der Waals surface area contributed by atoms with Gasteiger partial charge in [-0.25, -0.2) is 0 Å². The Balaban J connectivity index is 2.58. The van der Waals surface area contributed by atoms with Gasteiger partial charge in [0.2, 0.25) is 0 Å². The van der Waals surface area contributed by atoms with Gasteiger partial charge in [0, 0.05) is 22.5 Å². The van der Waals surface area contributed by atoms with Crippen LogP contribution in [0.25, 0.3) is 0 Å². The van der Waals surface area contributed by atoms with E-state index < -0.39 is 0 Å². The largest absolute Gasteiger partial charge is 0.352 e. The van der Waals surface area contributed by atoms with Crippen molar-refractivity contribution in [1.29, 1.82) is 0 Å². The maximum atomic E-state index is 12.1. The molecule has 0 spiro atoms. The van der Waals surface area contributed by atoms with Crippen molar-refractivity contribution < 1.29 is 4.79 Å². The maximum absolute atomic E-state index is 12.1. The normalized spacial score (nSPS) is 12.2. The Morgan fingerprint density at radius 3 is 2.74 bits per heavy atom. The van der Waals surface area contributed by atoms with Crippen molar-refractivity contribution in [2.45, 2.75) is 33.1 Å². The number of aryl methyl sites for hydroxylation is 1. The van der Waals surface area contributed by atoms with E-state index in [1.165, 1.54) is 0 Å². The number of benzene rings is 1. The van der Waals surface area contributed by atoms with E-state index >= 15 is 0 Å². The van der Waals surface area contributed by atoms with Gasteiger partial charge >= 0.3 is 0 Å². The second kappa shape index (κ2) is 8.60. The second-order valence-corrected chi connectivity index (χ2v) is 6.03. The Labute approximate surface area is 129 Å². The zero-order valence-corrected chi connectivity index (χ0v) is 13.9. The molecule has 1 unspecified atom stereocenters. The van der Waals surface area contributed by atoms with Gasteiger partial charge in [0.05, 0.1) is 0 Å². The minimum absolute atomic E-state index is 0.00941. The molecule has 1 aromatic carbocycles. The molecule has 0 aliphatic rings. The van der Waals surface area contributed by atoms with Crippen LogP contribution in [0, 0.1) is 12.8 Å². The molecule has 0 saturated heterocycles. The van der Waals surface area contributed by atoms with Gasteiger partial charge < -0.3 is 5.32 Å². The third kappa shape index (κ3) is 5.53. The Morgan fingerprint density at radius 2 is 2.16 bits per heavy atom. The van der Waals surface area contributed by atoms with Crippen molar-refractivity contribution in [2.75, 3.05) is 11.9 Å². The highest BCUT2D eigenvalue weighted by atomic mass is 79.9. The van der Waals surface area contributed by atoms with Crippen molar-refractivity contribution in [2.24, 2.45) is 5.92 Å². The van der Waals surface area contributed by atoms with E-state index in [4.69, 9.17) is 11.6 Å². The van der Waals surface area contributed by atoms with E-state index in [0.29, 0.717) is 16.5 Å². The third-order valence-electron chi connectivity index (χ3n) is 3.20. The Morgan fingerprint density at radius 1 is 1.42 bits per heavy atom. The van der Waals surface area contributed by atoms with Gasteiger partial charge in [-0.15, -0.1) is 0 Å². The van der Waals surface area contributed by atoms with Crippen LogP contribution >= 0.6 is 27.5 Å². The van der Waals surface area contributed by atoms with Crippen molar-refractivity contribution in [3.05, 3.63) is 34.3 Å². The van der Waals surface area contributed by atoms with Gasteiger partial charge in [0.1, 0.15) is 0 Å². The molecule has 1 atom stereocenters. The number of rotatable bonds is 7. The first-order chi connectivity index (χ1) is 9.08. The fourth-order valence-corrected chi connectivity index (χ4v) is 3.00. The minimum Gasteiger partial charge on any atom is -0.352 e. The van der Waals surface area contributed by atoms with Gasteiger partial charge in [-0.1, -0.05) is 40.9 Å². The number of hydrogen-bond acceptors (Lipinski definition) is 1. The van der Waals surface area contributed by atoms with Gasteiger partial charge in [-0.3, -0.25) is 4.79 Å². The second-order valence-electron chi connectivity index (χ2n) is 4.80. The highest BCUT2D eigenvalue weighted by molar-refractivity contribution is 9.09. The molecule has 1 N–H and O–H groups in total. The summed E-state index contributed by atoms with van der Waals surface area (Å²) in [7, 11) is 0. The van der Waals surface area contributed by atoms with Crippen molar-refractivity contribution in [1.82, 2.24) is 5.32 Å². The molecule has 1 rings (SSSR count). The maximum Gasteiger partial charge on any atom is 0.251 e. The Bertz CT molecular complexity index is 417. The van der Waals surface area contributed by atoms with E-state index in [9.17, 15) is 4.79 Å². The summed E-state index contributed by atoms with van der Waals surface area (Å²) >= 11 is 9.36. The molecular formula is C15H21BrClNO. The van der Waals surface area contributed by atoms with E-state index in [1.807, 2.05) is 13.0 Å². The molecule has 0 saturated carbocycles. The zero-order chi connectivity index (χ0) is 14.3. The molecule has 106 valence electrons. The van der Waals surface area contributed by atoms with Crippen molar-refractivity contribution >= 4 is 33.4 Å². The highest BCUT2D eigenvalue weighted by Gasteiger charge is 2.12. The summed E-state index contributed by atoms with van der Waals surface area (Å²) in [5, 5.41) is 4.67. The number of carbonyl (C=O) groups is 1. The van der Waals surface area contributed by atoms with Crippen LogP contribution < -0.4 is 5.32 Å². The molecule has 0 aromatic heterocycles. The molecular weight excluding hydrogens is 326 g/mol. The third-order valence-corrected chi connectivity index (χ3v) is 3.89. The van der Waals surface area contributed by atoms with Crippen LogP contribution in [0.5, 0.6) is 0 Å². The minimum atomic E-state index is -0.00941. The van der Waals surface area contributed by atoms with E-state index in [1.54, 1.807) is 12.1 Å². The number of carbonyl (C=O) groups excluding carboxylic acids is 1. The molecule has 0 radical (unpaired) electrons. The summed E-state index contributed by atoms with van der Waals surface area (Å²) in [6.07, 6.45) is 3.38. The smallest absolute Gasteiger partial charge is 0.251 e. The van der Waals surface area contributed by atoms with Crippen LogP contribution in [0.15, 0.2) is 18.2 Å². The summed E-state index contributed by atoms with van der Waals surface area (Å²) in [6.45, 7) is 4.82. The average molecular weight is 347 g/mol. The standard InChI is InChI=1S/C15H21BrClNO/c1-3-4-12(7-8-16)10-18-15(19)14-6-5-13(17)9-11(14)2/h5-6,9,12H,3-4,7-8,10H2,1-2H3,(H,18,19). The molecule has 0 bridgehead atoms. The first-order valence-electron chi connectivity index (χ1n) is 6.68. The number of amides is 1. The lowest BCUT2D eigenvalue weighted by atomic mass is 10.0. The van der Waals surface area contributed by atoms with Crippen molar-refractivity contribution in [3.63, 3.8) is 0 Å². The highest BCUT2D eigenvalue weighted by Crippen LogP contribution is 2.16. The number of halogens is 2. The molecule has 0 fully saturated rings. The lowest BCUT2D eigenvalue weighted by Crippen LogP contribution is -2.30. The number of alkyl halides is 1. The lowest BCUT2D eigenvalue weighted by Gasteiger charge is -2.16. The van der Waals surface area contributed by atoms with Gasteiger partial charge in [-0.05, 0) is 49.4 Å². The quantitative estimate of drug-likeness (QED) is 0.719. The fourth-order valence-electron chi connectivity index (χ4n) is 2.13. The topological polar surface area (TPSA) is 29.1 Å². The van der Waals surface area contributed by atoms with Crippen LogP contribution in [-0.4, -0.2) is 17.8 Å². The summed E-state index contributed by atoms with van der Waals surface area (Å²) in [4.78, 5) is 12.1.